The number of fused-ring (bicyclic) bond motifs is 1. The van der Waals surface area contributed by atoms with Gasteiger partial charge in [-0.15, -0.1) is 0 Å². The van der Waals surface area contributed by atoms with E-state index in [2.05, 4.69) is 15.1 Å². The lowest BCUT2D eigenvalue weighted by Gasteiger charge is -2.08. The molecule has 166 valence electrons. The Balaban J connectivity index is 1.74. The number of benzene rings is 3. The molecule has 0 bridgehead atoms. The number of rotatable bonds is 4. The van der Waals surface area contributed by atoms with Gasteiger partial charge < -0.3 is 5.11 Å². The maximum atomic E-state index is 13.6. The minimum atomic E-state index is -1.01. The molecule has 5 aromatic rings. The van der Waals surface area contributed by atoms with E-state index in [0.29, 0.717) is 33.2 Å². The van der Waals surface area contributed by atoms with Crippen LogP contribution >= 0.6 is 11.6 Å². The Morgan fingerprint density at radius 3 is 2.29 bits per heavy atom. The summed E-state index contributed by atoms with van der Waals surface area (Å²) in [5.41, 5.74) is 3.78. The smallest absolute Gasteiger partial charge is 0.335 e. The second-order valence-electron chi connectivity index (χ2n) is 7.68. The number of aromatic carboxylic acids is 1. The quantitative estimate of drug-likeness (QED) is 0.373. The summed E-state index contributed by atoms with van der Waals surface area (Å²) in [5, 5.41) is 14.9. The Morgan fingerprint density at radius 2 is 1.62 bits per heavy atom. The van der Waals surface area contributed by atoms with Crippen molar-refractivity contribution < 1.29 is 14.7 Å². The maximum Gasteiger partial charge on any atom is 0.335 e. The molecule has 8 heteroatoms. The van der Waals surface area contributed by atoms with Crippen molar-refractivity contribution in [1.29, 1.82) is 0 Å². The van der Waals surface area contributed by atoms with Crippen LogP contribution in [0.4, 0.5) is 0 Å². The number of carboxylic acids is 1. The van der Waals surface area contributed by atoms with Gasteiger partial charge in [0.05, 0.1) is 21.7 Å². The number of aryl methyl sites for hydroxylation is 1. The molecular weight excluding hydrogens is 452 g/mol. The van der Waals surface area contributed by atoms with Gasteiger partial charge in [-0.2, -0.15) is 9.78 Å². The van der Waals surface area contributed by atoms with Gasteiger partial charge in [0.1, 0.15) is 5.69 Å². The van der Waals surface area contributed by atoms with E-state index in [1.54, 1.807) is 42.7 Å². The summed E-state index contributed by atoms with van der Waals surface area (Å²) >= 11 is 6.39. The van der Waals surface area contributed by atoms with Crippen LogP contribution in [0.3, 0.4) is 0 Å². The molecule has 2 heterocycles. The largest absolute Gasteiger partial charge is 0.478 e. The molecule has 0 saturated carbocycles. The van der Waals surface area contributed by atoms with E-state index in [0.717, 1.165) is 16.5 Å². The van der Waals surface area contributed by atoms with Gasteiger partial charge in [0.15, 0.2) is 5.82 Å². The third-order valence-corrected chi connectivity index (χ3v) is 5.85. The number of carboxylic acid groups (broad SMARTS) is 1. The third kappa shape index (κ3) is 3.72. The van der Waals surface area contributed by atoms with Gasteiger partial charge in [0.25, 0.3) is 5.91 Å². The van der Waals surface area contributed by atoms with Crippen molar-refractivity contribution >= 4 is 34.4 Å². The Kier molecular flexibility index (Phi) is 5.39. The highest BCUT2D eigenvalue weighted by Gasteiger charge is 2.22. The van der Waals surface area contributed by atoms with Gasteiger partial charge >= 0.3 is 5.97 Å². The topological polar surface area (TPSA) is 98.0 Å². The summed E-state index contributed by atoms with van der Waals surface area (Å²) in [5.74, 6) is -0.864. The molecular formula is C26H17ClN4O3. The van der Waals surface area contributed by atoms with E-state index >= 15 is 0 Å². The van der Waals surface area contributed by atoms with Gasteiger partial charge in [-0.3, -0.25) is 4.79 Å². The summed E-state index contributed by atoms with van der Waals surface area (Å²) in [7, 11) is 0. The average Bonchev–Trinajstić information content (AvgIpc) is 3.23. The zero-order valence-corrected chi connectivity index (χ0v) is 18.7. The fourth-order valence-electron chi connectivity index (χ4n) is 3.85. The number of hydrogen-bond acceptors (Lipinski definition) is 5. The molecule has 5 rings (SSSR count). The summed E-state index contributed by atoms with van der Waals surface area (Å²) in [6, 6.07) is 18.9. The Hall–Kier alpha value is -4.36. The predicted molar refractivity (Wildman–Crippen MR) is 129 cm³/mol. The second-order valence-corrected chi connectivity index (χ2v) is 8.09. The Bertz CT molecular complexity index is 1540. The monoisotopic (exact) mass is 468 g/mol. The van der Waals surface area contributed by atoms with E-state index in [1.807, 2.05) is 31.2 Å². The van der Waals surface area contributed by atoms with E-state index in [4.69, 9.17) is 11.6 Å². The molecule has 3 aromatic carbocycles. The SMILES string of the molecule is Cc1cccc(Cl)c1C(=O)n1nc(-c2ccc(C(=O)O)cc2)c2ccc(-c3ncccn3)cc21. The molecule has 0 fully saturated rings. The van der Waals surface area contributed by atoms with E-state index in [-0.39, 0.29) is 11.5 Å². The number of halogens is 1. The Morgan fingerprint density at radius 1 is 0.912 bits per heavy atom. The standard InChI is InChI=1S/C26H17ClN4O3/c1-15-4-2-5-20(27)22(15)25(32)31-21-14-18(24-28-12-3-13-29-24)10-11-19(21)23(30-31)16-6-8-17(9-7-16)26(33)34/h2-14H,1H3,(H,33,34). The zero-order chi connectivity index (χ0) is 23.8. The highest BCUT2D eigenvalue weighted by Crippen LogP contribution is 2.32. The van der Waals surface area contributed by atoms with Gasteiger partial charge in [-0.1, -0.05) is 41.9 Å². The van der Waals surface area contributed by atoms with Crippen LogP contribution < -0.4 is 0 Å². The molecule has 0 spiro atoms. The molecule has 2 aromatic heterocycles. The first-order valence-corrected chi connectivity index (χ1v) is 10.8. The fraction of sp³-hybridized carbons (Fsp3) is 0.0385. The Labute approximate surface area is 199 Å². The molecule has 0 aliphatic heterocycles. The fourth-order valence-corrected chi connectivity index (χ4v) is 4.15. The normalized spacial score (nSPS) is 11.0. The van der Waals surface area contributed by atoms with Gasteiger partial charge in [-0.05, 0) is 48.9 Å². The first kappa shape index (κ1) is 21.5. The molecule has 0 radical (unpaired) electrons. The van der Waals surface area contributed by atoms with Gasteiger partial charge in [-0.25, -0.2) is 14.8 Å². The number of hydrogen-bond donors (Lipinski definition) is 1. The van der Waals surface area contributed by atoms with E-state index in [1.165, 1.54) is 16.8 Å². The maximum absolute atomic E-state index is 13.6. The zero-order valence-electron chi connectivity index (χ0n) is 17.9. The lowest BCUT2D eigenvalue weighted by atomic mass is 10.0. The third-order valence-electron chi connectivity index (χ3n) is 5.54. The lowest BCUT2D eigenvalue weighted by Crippen LogP contribution is -2.15. The highest BCUT2D eigenvalue weighted by molar-refractivity contribution is 6.34. The summed E-state index contributed by atoms with van der Waals surface area (Å²) in [6.45, 7) is 1.82. The van der Waals surface area contributed by atoms with E-state index < -0.39 is 5.97 Å². The van der Waals surface area contributed by atoms with Crippen LogP contribution in [0.5, 0.6) is 0 Å². The predicted octanol–water partition coefficient (Wildman–Crippen LogP) is 5.51. The molecule has 0 amide bonds. The summed E-state index contributed by atoms with van der Waals surface area (Å²) < 4.78 is 1.33. The molecule has 1 N–H and O–H groups in total. The van der Waals surface area contributed by atoms with Crippen LogP contribution in [0.25, 0.3) is 33.5 Å². The highest BCUT2D eigenvalue weighted by atomic mass is 35.5. The molecule has 7 nitrogen and oxygen atoms in total. The lowest BCUT2D eigenvalue weighted by molar-refractivity contribution is 0.0696. The van der Waals surface area contributed by atoms with Crippen LogP contribution in [0.15, 0.2) is 79.1 Å². The van der Waals surface area contributed by atoms with Crippen LogP contribution in [0.2, 0.25) is 5.02 Å². The average molecular weight is 469 g/mol. The molecule has 0 atom stereocenters. The number of nitrogens with zero attached hydrogens (tertiary/aromatic N) is 4. The van der Waals surface area contributed by atoms with Crippen LogP contribution in [-0.2, 0) is 0 Å². The van der Waals surface area contributed by atoms with Crippen LogP contribution in [0.1, 0.15) is 26.3 Å². The molecule has 0 unspecified atom stereocenters. The first-order valence-electron chi connectivity index (χ1n) is 10.4. The number of carbonyl (C=O) groups is 2. The minimum Gasteiger partial charge on any atom is -0.478 e. The summed E-state index contributed by atoms with van der Waals surface area (Å²) in [4.78, 5) is 33.5. The van der Waals surface area contributed by atoms with Crippen molar-refractivity contribution in [2.24, 2.45) is 0 Å². The van der Waals surface area contributed by atoms with Crippen molar-refractivity contribution in [3.63, 3.8) is 0 Å². The minimum absolute atomic E-state index is 0.166. The van der Waals surface area contributed by atoms with Crippen molar-refractivity contribution in [3.8, 4) is 22.6 Å². The van der Waals surface area contributed by atoms with Crippen molar-refractivity contribution in [2.75, 3.05) is 0 Å². The molecule has 0 saturated heterocycles. The molecule has 0 aliphatic carbocycles. The molecule has 34 heavy (non-hydrogen) atoms. The van der Waals surface area contributed by atoms with Crippen LogP contribution in [0, 0.1) is 6.92 Å². The number of carbonyl (C=O) groups excluding carboxylic acids is 1. The van der Waals surface area contributed by atoms with Crippen molar-refractivity contribution in [1.82, 2.24) is 19.7 Å². The van der Waals surface area contributed by atoms with E-state index in [9.17, 15) is 14.7 Å². The van der Waals surface area contributed by atoms with Crippen molar-refractivity contribution in [3.05, 3.63) is 101 Å². The number of aromatic nitrogens is 4. The summed E-state index contributed by atoms with van der Waals surface area (Å²) in [6.07, 6.45) is 3.30. The molecule has 0 aliphatic rings. The first-order chi connectivity index (χ1) is 16.4. The van der Waals surface area contributed by atoms with Crippen molar-refractivity contribution in [2.45, 2.75) is 6.92 Å². The second kappa shape index (κ2) is 8.53. The van der Waals surface area contributed by atoms with Gasteiger partial charge in [0.2, 0.25) is 0 Å². The van der Waals surface area contributed by atoms with Crippen LogP contribution in [-0.4, -0.2) is 36.7 Å². The van der Waals surface area contributed by atoms with Gasteiger partial charge in [0, 0.05) is 28.9 Å².